The van der Waals surface area contributed by atoms with Crippen LogP contribution in [0.5, 0.6) is 5.75 Å². The molecule has 4 rings (SSSR count). The van der Waals surface area contributed by atoms with Gasteiger partial charge in [-0.05, 0) is 61.8 Å². The Morgan fingerprint density at radius 2 is 1.77 bits per heavy atom. The maximum absolute atomic E-state index is 12.9. The van der Waals surface area contributed by atoms with Crippen LogP contribution in [0.2, 0.25) is 0 Å². The quantitative estimate of drug-likeness (QED) is 0.323. The van der Waals surface area contributed by atoms with Crippen LogP contribution in [0.3, 0.4) is 0 Å². The molecule has 1 atom stereocenters. The molecule has 4 heteroatoms. The summed E-state index contributed by atoms with van der Waals surface area (Å²) in [4.78, 5) is 24.7. The van der Waals surface area contributed by atoms with Gasteiger partial charge in [-0.3, -0.25) is 4.79 Å². The molecule has 1 N–H and O–H groups in total. The Hall–Kier alpha value is -3.40. The van der Waals surface area contributed by atoms with E-state index < -0.39 is 5.97 Å². The summed E-state index contributed by atoms with van der Waals surface area (Å²) in [5.74, 6) is -0.891. The predicted octanol–water partition coefficient (Wildman–Crippen LogP) is 6.17. The summed E-state index contributed by atoms with van der Waals surface area (Å²) in [7, 11) is 0. The number of carbonyl (C=O) groups is 2. The zero-order valence-corrected chi connectivity index (χ0v) is 17.1. The molecule has 4 nitrogen and oxygen atoms in total. The van der Waals surface area contributed by atoms with Crippen molar-refractivity contribution < 1.29 is 19.4 Å². The van der Waals surface area contributed by atoms with Crippen molar-refractivity contribution in [2.45, 2.75) is 33.1 Å². The lowest BCUT2D eigenvalue weighted by molar-refractivity contribution is -0.139. The van der Waals surface area contributed by atoms with Crippen LogP contribution in [0.4, 0.5) is 0 Å². The smallest absolute Gasteiger partial charge is 0.336 e. The van der Waals surface area contributed by atoms with Crippen LogP contribution in [0.1, 0.15) is 42.1 Å². The number of rotatable bonds is 4. The minimum Gasteiger partial charge on any atom is -0.478 e. The van der Waals surface area contributed by atoms with Crippen molar-refractivity contribution in [1.29, 1.82) is 0 Å². The van der Waals surface area contributed by atoms with Gasteiger partial charge in [0.15, 0.2) is 0 Å². The molecule has 0 aromatic heterocycles. The molecule has 1 aliphatic carbocycles. The van der Waals surface area contributed by atoms with Gasteiger partial charge < -0.3 is 9.84 Å². The number of hydrogen-bond donors (Lipinski definition) is 1. The number of ether oxygens (including phenoxy) is 1. The topological polar surface area (TPSA) is 63.6 Å². The molecule has 0 saturated heterocycles. The molecule has 30 heavy (non-hydrogen) atoms. The SMILES string of the molecule is CC1=CCCC(C(=O)Oc2cccc3cccc(-c4cc(C)ccc4C(=O)O)c23)C1. The minimum absolute atomic E-state index is 0.147. The Morgan fingerprint density at radius 3 is 2.50 bits per heavy atom. The van der Waals surface area contributed by atoms with E-state index in [0.29, 0.717) is 11.3 Å². The molecular formula is C26H24O4. The molecule has 0 saturated carbocycles. The summed E-state index contributed by atoms with van der Waals surface area (Å²) in [5, 5.41) is 11.4. The van der Waals surface area contributed by atoms with Crippen LogP contribution in [0.15, 0.2) is 66.2 Å². The van der Waals surface area contributed by atoms with Crippen molar-refractivity contribution in [2.75, 3.05) is 0 Å². The van der Waals surface area contributed by atoms with Crippen LogP contribution in [0, 0.1) is 12.8 Å². The lowest BCUT2D eigenvalue weighted by Crippen LogP contribution is -2.22. The molecule has 3 aromatic rings. The number of aromatic carboxylic acids is 1. The van der Waals surface area contributed by atoms with Crippen molar-refractivity contribution in [3.63, 3.8) is 0 Å². The first-order valence-corrected chi connectivity index (χ1v) is 10.2. The van der Waals surface area contributed by atoms with Crippen LogP contribution >= 0.6 is 0 Å². The zero-order valence-electron chi connectivity index (χ0n) is 17.1. The number of aryl methyl sites for hydroxylation is 1. The maximum Gasteiger partial charge on any atom is 0.336 e. The molecule has 0 aliphatic heterocycles. The molecule has 152 valence electrons. The predicted molar refractivity (Wildman–Crippen MR) is 118 cm³/mol. The molecule has 1 aliphatic rings. The van der Waals surface area contributed by atoms with Gasteiger partial charge in [-0.15, -0.1) is 0 Å². The van der Waals surface area contributed by atoms with E-state index in [1.54, 1.807) is 18.2 Å². The second kappa shape index (κ2) is 8.15. The summed E-state index contributed by atoms with van der Waals surface area (Å²) in [5.41, 5.74) is 3.77. The van der Waals surface area contributed by atoms with E-state index in [1.807, 2.05) is 50.2 Å². The molecular weight excluding hydrogens is 376 g/mol. The largest absolute Gasteiger partial charge is 0.478 e. The first-order chi connectivity index (χ1) is 14.4. The van der Waals surface area contributed by atoms with Crippen molar-refractivity contribution >= 4 is 22.7 Å². The third-order valence-corrected chi connectivity index (χ3v) is 5.68. The highest BCUT2D eigenvalue weighted by atomic mass is 16.5. The fourth-order valence-corrected chi connectivity index (χ4v) is 4.18. The van der Waals surface area contributed by atoms with Crippen LogP contribution in [0.25, 0.3) is 21.9 Å². The van der Waals surface area contributed by atoms with Gasteiger partial charge >= 0.3 is 11.9 Å². The maximum atomic E-state index is 12.9. The molecule has 0 bridgehead atoms. The van der Waals surface area contributed by atoms with Crippen molar-refractivity contribution in [3.8, 4) is 16.9 Å². The van der Waals surface area contributed by atoms with Gasteiger partial charge in [0.05, 0.1) is 11.5 Å². The van der Waals surface area contributed by atoms with Gasteiger partial charge in [0.2, 0.25) is 0 Å². The molecule has 1 unspecified atom stereocenters. The molecule has 0 radical (unpaired) electrons. The van der Waals surface area contributed by atoms with E-state index in [0.717, 1.165) is 41.2 Å². The second-order valence-corrected chi connectivity index (χ2v) is 7.96. The molecule has 0 fully saturated rings. The second-order valence-electron chi connectivity index (χ2n) is 7.96. The minimum atomic E-state index is -0.985. The first kappa shape index (κ1) is 19.9. The number of allylic oxidation sites excluding steroid dienone is 2. The normalized spacial score (nSPS) is 16.2. The highest BCUT2D eigenvalue weighted by Crippen LogP contribution is 2.38. The fourth-order valence-electron chi connectivity index (χ4n) is 4.18. The fraction of sp³-hybridized carbons (Fsp3) is 0.231. The van der Waals surface area contributed by atoms with Crippen LogP contribution in [-0.2, 0) is 4.79 Å². The average molecular weight is 400 g/mol. The zero-order chi connectivity index (χ0) is 21.3. The van der Waals surface area contributed by atoms with E-state index in [1.165, 1.54) is 5.57 Å². The van der Waals surface area contributed by atoms with Crippen molar-refractivity contribution in [1.82, 2.24) is 0 Å². The van der Waals surface area contributed by atoms with E-state index in [-0.39, 0.29) is 17.5 Å². The van der Waals surface area contributed by atoms with E-state index >= 15 is 0 Å². The third-order valence-electron chi connectivity index (χ3n) is 5.68. The highest BCUT2D eigenvalue weighted by Gasteiger charge is 2.24. The number of carboxylic acid groups (broad SMARTS) is 1. The van der Waals surface area contributed by atoms with E-state index in [4.69, 9.17) is 4.74 Å². The van der Waals surface area contributed by atoms with E-state index in [2.05, 4.69) is 6.08 Å². The molecule has 3 aromatic carbocycles. The Bertz CT molecular complexity index is 1170. The first-order valence-electron chi connectivity index (χ1n) is 10.2. The van der Waals surface area contributed by atoms with Gasteiger partial charge in [0, 0.05) is 5.39 Å². The Kier molecular flexibility index (Phi) is 5.40. The monoisotopic (exact) mass is 400 g/mol. The van der Waals surface area contributed by atoms with Gasteiger partial charge in [-0.1, -0.05) is 59.7 Å². The highest BCUT2D eigenvalue weighted by molar-refractivity contribution is 6.06. The molecule has 0 spiro atoms. The number of esters is 1. The van der Waals surface area contributed by atoms with Gasteiger partial charge in [0.25, 0.3) is 0 Å². The lowest BCUT2D eigenvalue weighted by atomic mass is 9.89. The summed E-state index contributed by atoms with van der Waals surface area (Å²) >= 11 is 0. The Morgan fingerprint density at radius 1 is 1.00 bits per heavy atom. The number of fused-ring (bicyclic) bond motifs is 1. The van der Waals surface area contributed by atoms with Gasteiger partial charge in [0.1, 0.15) is 5.75 Å². The van der Waals surface area contributed by atoms with Crippen LogP contribution < -0.4 is 4.74 Å². The number of benzene rings is 3. The van der Waals surface area contributed by atoms with Crippen molar-refractivity contribution in [3.05, 3.63) is 77.4 Å². The molecule has 0 amide bonds. The molecule has 0 heterocycles. The summed E-state index contributed by atoms with van der Waals surface area (Å²) < 4.78 is 5.89. The lowest BCUT2D eigenvalue weighted by Gasteiger charge is -2.20. The number of carbonyl (C=O) groups excluding carboxylic acids is 1. The summed E-state index contributed by atoms with van der Waals surface area (Å²) in [6.45, 7) is 3.97. The standard InChI is InChI=1S/C26H24O4/c1-16-6-3-9-19(14-16)26(29)30-23-11-5-8-18-7-4-10-20(24(18)23)22-15-17(2)12-13-21(22)25(27)28/h4-8,10-13,15,19H,3,9,14H2,1-2H3,(H,27,28). The third kappa shape index (κ3) is 3.86. The average Bonchev–Trinajstić information content (AvgIpc) is 2.73. The number of carboxylic acids is 1. The number of hydrogen-bond acceptors (Lipinski definition) is 3. The van der Waals surface area contributed by atoms with Crippen molar-refractivity contribution in [2.24, 2.45) is 5.92 Å². The van der Waals surface area contributed by atoms with E-state index in [9.17, 15) is 14.7 Å². The van der Waals surface area contributed by atoms with Gasteiger partial charge in [-0.25, -0.2) is 4.79 Å². The Labute approximate surface area is 175 Å². The van der Waals surface area contributed by atoms with Crippen LogP contribution in [-0.4, -0.2) is 17.0 Å². The summed E-state index contributed by atoms with van der Waals surface area (Å²) in [6.07, 6.45) is 4.56. The van der Waals surface area contributed by atoms with Gasteiger partial charge in [-0.2, -0.15) is 0 Å². The summed E-state index contributed by atoms with van der Waals surface area (Å²) in [6, 6.07) is 16.6. The Balaban J connectivity index is 1.82.